The van der Waals surface area contributed by atoms with Gasteiger partial charge in [-0.15, -0.1) is 0 Å². The Bertz CT molecular complexity index is 942. The predicted molar refractivity (Wildman–Crippen MR) is 113 cm³/mol. The Morgan fingerprint density at radius 2 is 1.30 bits per heavy atom. The summed E-state index contributed by atoms with van der Waals surface area (Å²) in [6.45, 7) is 4.50. The molecule has 2 aromatic carbocycles. The second-order valence-corrected chi connectivity index (χ2v) is 9.21. The molecule has 1 fully saturated rings. The number of hydrogen-bond donors (Lipinski definition) is 0. The summed E-state index contributed by atoms with van der Waals surface area (Å²) < 4.78 is 0. The lowest BCUT2D eigenvalue weighted by Crippen LogP contribution is -2.34. The van der Waals surface area contributed by atoms with Crippen molar-refractivity contribution in [2.75, 3.05) is 0 Å². The fourth-order valence-electron chi connectivity index (χ4n) is 5.33. The van der Waals surface area contributed by atoms with Gasteiger partial charge in [-0.3, -0.25) is 9.98 Å². The van der Waals surface area contributed by atoms with Gasteiger partial charge in [0.2, 0.25) is 0 Å². The van der Waals surface area contributed by atoms with Crippen molar-refractivity contribution < 1.29 is 0 Å². The van der Waals surface area contributed by atoms with E-state index in [0.29, 0.717) is 0 Å². The first kappa shape index (κ1) is 16.9. The van der Waals surface area contributed by atoms with Gasteiger partial charge in [0, 0.05) is 17.8 Å². The summed E-state index contributed by atoms with van der Waals surface area (Å²) in [6, 6.07) is 17.7. The molecule has 0 atom stereocenters. The number of aliphatic imine (C=N–C) groups is 2. The monoisotopic (exact) mass is 356 g/mol. The number of rotatable bonds is 2. The zero-order valence-electron chi connectivity index (χ0n) is 16.5. The summed E-state index contributed by atoms with van der Waals surface area (Å²) >= 11 is 0. The van der Waals surface area contributed by atoms with Crippen LogP contribution >= 0.6 is 0 Å². The van der Waals surface area contributed by atoms with Crippen molar-refractivity contribution in [3.05, 3.63) is 70.8 Å². The molecule has 2 heteroatoms. The van der Waals surface area contributed by atoms with Crippen LogP contribution in [-0.4, -0.2) is 22.5 Å². The molecule has 0 bridgehead atoms. The van der Waals surface area contributed by atoms with Crippen LogP contribution in [0.4, 0.5) is 0 Å². The van der Waals surface area contributed by atoms with Crippen molar-refractivity contribution in [1.82, 2.24) is 0 Å². The standard InChI is InChI=1S/C25H28N2/c1-24(2)16-18-9-3-5-11-20(18)22(26-24)15-23-21-12-6-4-10-19(21)17-25(27-23)13-7-8-14-25/h3-6,9-12H,7-8,13-17H2,1-2H3. The second kappa shape index (κ2) is 6.15. The average Bonchev–Trinajstić information content (AvgIpc) is 3.08. The van der Waals surface area contributed by atoms with E-state index in [1.54, 1.807) is 0 Å². The number of benzene rings is 2. The van der Waals surface area contributed by atoms with E-state index in [0.717, 1.165) is 19.3 Å². The van der Waals surface area contributed by atoms with Crippen molar-refractivity contribution in [2.45, 2.75) is 69.9 Å². The highest BCUT2D eigenvalue weighted by atomic mass is 14.9. The molecule has 5 rings (SSSR count). The van der Waals surface area contributed by atoms with Crippen LogP contribution in [0.5, 0.6) is 0 Å². The summed E-state index contributed by atoms with van der Waals surface area (Å²) in [6.07, 6.45) is 8.07. The van der Waals surface area contributed by atoms with Crippen LogP contribution in [0.25, 0.3) is 0 Å². The lowest BCUT2D eigenvalue weighted by Gasteiger charge is -2.34. The molecular formula is C25H28N2. The highest BCUT2D eigenvalue weighted by Crippen LogP contribution is 2.41. The van der Waals surface area contributed by atoms with Crippen LogP contribution in [0.3, 0.4) is 0 Å². The molecule has 138 valence electrons. The topological polar surface area (TPSA) is 24.7 Å². The summed E-state index contributed by atoms with van der Waals surface area (Å²) in [5.41, 5.74) is 8.15. The molecule has 2 heterocycles. The van der Waals surface area contributed by atoms with E-state index in [2.05, 4.69) is 62.4 Å². The molecule has 0 unspecified atom stereocenters. The minimum absolute atomic E-state index is 0.0382. The van der Waals surface area contributed by atoms with E-state index in [-0.39, 0.29) is 11.1 Å². The van der Waals surface area contributed by atoms with Crippen molar-refractivity contribution in [3.8, 4) is 0 Å². The minimum atomic E-state index is -0.0382. The van der Waals surface area contributed by atoms with Gasteiger partial charge in [0.25, 0.3) is 0 Å². The van der Waals surface area contributed by atoms with Crippen LogP contribution in [0.2, 0.25) is 0 Å². The Morgan fingerprint density at radius 3 is 1.96 bits per heavy atom. The highest BCUT2D eigenvalue weighted by molar-refractivity contribution is 6.19. The maximum absolute atomic E-state index is 5.40. The summed E-state index contributed by atoms with van der Waals surface area (Å²) in [5, 5.41) is 0. The Labute approximate surface area is 162 Å². The zero-order valence-corrected chi connectivity index (χ0v) is 16.5. The van der Waals surface area contributed by atoms with Gasteiger partial charge in [0.05, 0.1) is 11.1 Å². The van der Waals surface area contributed by atoms with Gasteiger partial charge in [0.1, 0.15) is 0 Å². The first-order chi connectivity index (χ1) is 13.0. The van der Waals surface area contributed by atoms with Crippen molar-refractivity contribution in [1.29, 1.82) is 0 Å². The SMILES string of the molecule is CC1(C)Cc2ccccc2C(CC2=NC3(CCCC3)Cc3ccccc32)=N1. The molecule has 3 aliphatic rings. The normalized spacial score (nSPS) is 22.0. The Hall–Kier alpha value is -2.22. The highest BCUT2D eigenvalue weighted by Gasteiger charge is 2.38. The largest absolute Gasteiger partial charge is 0.282 e. The summed E-state index contributed by atoms with van der Waals surface area (Å²) in [5.74, 6) is 0. The van der Waals surface area contributed by atoms with Crippen LogP contribution in [0, 0.1) is 0 Å². The molecule has 0 radical (unpaired) electrons. The summed E-state index contributed by atoms with van der Waals surface area (Å²) in [7, 11) is 0. The number of nitrogens with zero attached hydrogens (tertiary/aromatic N) is 2. The molecule has 2 aromatic rings. The third-order valence-electron chi connectivity index (χ3n) is 6.48. The van der Waals surface area contributed by atoms with Crippen molar-refractivity contribution >= 4 is 11.4 Å². The van der Waals surface area contributed by atoms with Crippen LogP contribution in [0.1, 0.15) is 68.2 Å². The van der Waals surface area contributed by atoms with Gasteiger partial charge in [-0.05, 0) is 61.8 Å². The lowest BCUT2D eigenvalue weighted by molar-refractivity contribution is 0.434. The fourth-order valence-corrected chi connectivity index (χ4v) is 5.33. The van der Waals surface area contributed by atoms with Gasteiger partial charge >= 0.3 is 0 Å². The third-order valence-corrected chi connectivity index (χ3v) is 6.48. The molecule has 27 heavy (non-hydrogen) atoms. The van der Waals surface area contributed by atoms with Crippen LogP contribution in [-0.2, 0) is 12.8 Å². The number of hydrogen-bond acceptors (Lipinski definition) is 2. The van der Waals surface area contributed by atoms with Crippen molar-refractivity contribution in [2.24, 2.45) is 9.98 Å². The zero-order chi connectivity index (χ0) is 18.5. The van der Waals surface area contributed by atoms with Gasteiger partial charge in [-0.1, -0.05) is 61.4 Å². The predicted octanol–water partition coefficient (Wildman–Crippen LogP) is 5.56. The van der Waals surface area contributed by atoms with Crippen molar-refractivity contribution in [3.63, 3.8) is 0 Å². The molecular weight excluding hydrogens is 328 g/mol. The molecule has 2 aliphatic heterocycles. The number of fused-ring (bicyclic) bond motifs is 2. The average molecular weight is 357 g/mol. The van der Waals surface area contributed by atoms with E-state index in [9.17, 15) is 0 Å². The smallest absolute Gasteiger partial charge is 0.0652 e. The van der Waals surface area contributed by atoms with E-state index >= 15 is 0 Å². The van der Waals surface area contributed by atoms with E-state index < -0.39 is 0 Å². The summed E-state index contributed by atoms with van der Waals surface area (Å²) in [4.78, 5) is 10.6. The van der Waals surface area contributed by atoms with Gasteiger partial charge < -0.3 is 0 Å². The van der Waals surface area contributed by atoms with Gasteiger partial charge in [0.15, 0.2) is 0 Å². The minimum Gasteiger partial charge on any atom is -0.282 e. The maximum Gasteiger partial charge on any atom is 0.0652 e. The molecule has 1 spiro atoms. The van der Waals surface area contributed by atoms with Gasteiger partial charge in [-0.2, -0.15) is 0 Å². The molecule has 2 nitrogen and oxygen atoms in total. The Morgan fingerprint density at radius 1 is 0.741 bits per heavy atom. The van der Waals surface area contributed by atoms with Gasteiger partial charge in [-0.25, -0.2) is 0 Å². The van der Waals surface area contributed by atoms with E-state index in [4.69, 9.17) is 9.98 Å². The molecule has 0 saturated heterocycles. The second-order valence-electron chi connectivity index (χ2n) is 9.21. The first-order valence-electron chi connectivity index (χ1n) is 10.4. The molecule has 1 saturated carbocycles. The maximum atomic E-state index is 5.40. The van der Waals surface area contributed by atoms with E-state index in [1.165, 1.54) is 59.4 Å². The lowest BCUT2D eigenvalue weighted by atomic mass is 9.80. The molecule has 0 aromatic heterocycles. The fraction of sp³-hybridized carbons (Fsp3) is 0.440. The third kappa shape index (κ3) is 3.05. The van der Waals surface area contributed by atoms with Crippen LogP contribution < -0.4 is 0 Å². The van der Waals surface area contributed by atoms with Crippen LogP contribution in [0.15, 0.2) is 58.5 Å². The Balaban J connectivity index is 1.59. The Kier molecular flexibility index (Phi) is 3.86. The molecule has 1 aliphatic carbocycles. The van der Waals surface area contributed by atoms with E-state index in [1.807, 2.05) is 0 Å². The first-order valence-corrected chi connectivity index (χ1v) is 10.4. The molecule has 0 N–H and O–H groups in total. The molecule has 0 amide bonds. The quantitative estimate of drug-likeness (QED) is 0.673.